The molecule has 0 saturated carbocycles. The molecule has 1 amide bonds. The summed E-state index contributed by atoms with van der Waals surface area (Å²) >= 11 is 6.21. The average molecular weight is 472 g/mol. The van der Waals surface area contributed by atoms with E-state index in [1.165, 1.54) is 23.4 Å². The van der Waals surface area contributed by atoms with Crippen molar-refractivity contribution in [1.29, 1.82) is 0 Å². The molecule has 12 heteroatoms. The first-order chi connectivity index (χ1) is 15.9. The van der Waals surface area contributed by atoms with E-state index >= 15 is 0 Å². The van der Waals surface area contributed by atoms with Gasteiger partial charge in [0.2, 0.25) is 0 Å². The minimum absolute atomic E-state index is 0.0380. The molecule has 0 bridgehead atoms. The van der Waals surface area contributed by atoms with Crippen LogP contribution in [0.5, 0.6) is 5.75 Å². The van der Waals surface area contributed by atoms with E-state index < -0.39 is 12.0 Å². The van der Waals surface area contributed by atoms with Gasteiger partial charge in [0.1, 0.15) is 17.0 Å². The topological polar surface area (TPSA) is 142 Å². The number of aliphatic hydroxyl groups excluding tert-OH is 1. The number of carbonyl (C=O) groups is 1. The SMILES string of the molecule is COC[C@@H](O)Cn1cc(NC(=O)c2c(N)nn3cccnc23)c(-c2cc(Cl)ccc2OC)n1. The number of methoxy groups -OCH3 is 2. The lowest BCUT2D eigenvalue weighted by molar-refractivity contribution is 0.0514. The standard InChI is InChI=1S/C21H22ClN7O4/c1-32-11-13(30)9-28-10-15(18(26-28)14-8-12(22)4-5-16(14)33-2)25-21(31)17-19(23)27-29-7-3-6-24-20(17)29/h3-8,10,13,30H,9,11H2,1-2H3,(H2,23,27)(H,25,31)/t13-/m0/s1. The van der Waals surface area contributed by atoms with Gasteiger partial charge in [-0.2, -0.15) is 5.10 Å². The summed E-state index contributed by atoms with van der Waals surface area (Å²) in [5, 5.41) is 22.1. The number of aliphatic hydroxyl groups is 1. The van der Waals surface area contributed by atoms with Crippen LogP contribution in [-0.4, -0.2) is 62.3 Å². The number of halogens is 1. The molecule has 3 heterocycles. The summed E-state index contributed by atoms with van der Waals surface area (Å²) in [6.45, 7) is 0.266. The predicted octanol–water partition coefficient (Wildman–Crippen LogP) is 2.10. The molecular weight excluding hydrogens is 450 g/mol. The molecular formula is C21H22ClN7O4. The summed E-state index contributed by atoms with van der Waals surface area (Å²) < 4.78 is 13.4. The van der Waals surface area contributed by atoms with Gasteiger partial charge in [0.05, 0.1) is 32.1 Å². The molecule has 0 spiro atoms. The van der Waals surface area contributed by atoms with Crippen molar-refractivity contribution in [1.82, 2.24) is 24.4 Å². The van der Waals surface area contributed by atoms with Crippen LogP contribution in [0.15, 0.2) is 42.9 Å². The first kappa shape index (κ1) is 22.5. The van der Waals surface area contributed by atoms with E-state index in [2.05, 4.69) is 20.5 Å². The maximum Gasteiger partial charge on any atom is 0.263 e. The number of hydrogen-bond acceptors (Lipinski definition) is 8. The third-order valence-electron chi connectivity index (χ3n) is 4.83. The molecule has 172 valence electrons. The number of nitrogens with two attached hydrogens (primary N) is 1. The molecule has 1 atom stereocenters. The largest absolute Gasteiger partial charge is 0.496 e. The molecule has 0 aliphatic carbocycles. The second-order valence-electron chi connectivity index (χ2n) is 7.17. The first-order valence-electron chi connectivity index (χ1n) is 9.89. The smallest absolute Gasteiger partial charge is 0.263 e. The van der Waals surface area contributed by atoms with Gasteiger partial charge in [0.15, 0.2) is 11.5 Å². The van der Waals surface area contributed by atoms with Crippen molar-refractivity contribution < 1.29 is 19.4 Å². The highest BCUT2D eigenvalue weighted by molar-refractivity contribution is 6.31. The maximum absolute atomic E-state index is 13.2. The molecule has 4 N–H and O–H groups in total. The molecule has 1 aromatic carbocycles. The number of benzene rings is 1. The van der Waals surface area contributed by atoms with Crippen LogP contribution in [0, 0.1) is 0 Å². The Morgan fingerprint density at radius 3 is 2.91 bits per heavy atom. The van der Waals surface area contributed by atoms with Gasteiger partial charge < -0.3 is 25.6 Å². The van der Waals surface area contributed by atoms with Crippen LogP contribution in [0.4, 0.5) is 11.5 Å². The Bertz CT molecular complexity index is 1300. The maximum atomic E-state index is 13.2. The van der Waals surface area contributed by atoms with Gasteiger partial charge in [0, 0.05) is 36.3 Å². The molecule has 11 nitrogen and oxygen atoms in total. The third kappa shape index (κ3) is 4.60. The molecule has 0 saturated heterocycles. The van der Waals surface area contributed by atoms with Crippen molar-refractivity contribution in [3.05, 3.63) is 53.4 Å². The second-order valence-corrected chi connectivity index (χ2v) is 7.61. The van der Waals surface area contributed by atoms with Crippen molar-refractivity contribution in [3.63, 3.8) is 0 Å². The molecule has 0 radical (unpaired) electrons. The van der Waals surface area contributed by atoms with Crippen molar-refractivity contribution in [2.45, 2.75) is 12.6 Å². The summed E-state index contributed by atoms with van der Waals surface area (Å²) in [6, 6.07) is 6.75. The lowest BCUT2D eigenvalue weighted by Gasteiger charge is -2.10. The number of aromatic nitrogens is 5. The van der Waals surface area contributed by atoms with E-state index in [4.69, 9.17) is 26.8 Å². The quantitative estimate of drug-likeness (QED) is 0.354. The molecule has 4 rings (SSSR count). The molecule has 0 fully saturated rings. The Kier molecular flexibility index (Phi) is 6.45. The molecule has 0 unspecified atom stereocenters. The second kappa shape index (κ2) is 9.45. The molecule has 0 aliphatic heterocycles. The Morgan fingerprint density at radius 1 is 1.33 bits per heavy atom. The normalized spacial score (nSPS) is 12.1. The van der Waals surface area contributed by atoms with Gasteiger partial charge >= 0.3 is 0 Å². The van der Waals surface area contributed by atoms with Crippen LogP contribution in [0.1, 0.15) is 10.4 Å². The van der Waals surface area contributed by atoms with E-state index in [0.717, 1.165) is 0 Å². The van der Waals surface area contributed by atoms with Crippen LogP contribution < -0.4 is 15.8 Å². The number of anilines is 2. The van der Waals surface area contributed by atoms with E-state index in [9.17, 15) is 9.90 Å². The summed E-state index contributed by atoms with van der Waals surface area (Å²) in [7, 11) is 3.02. The van der Waals surface area contributed by atoms with Crippen molar-refractivity contribution >= 4 is 34.7 Å². The number of fused-ring (bicyclic) bond motifs is 1. The minimum atomic E-state index is -0.799. The van der Waals surface area contributed by atoms with Crippen LogP contribution in [-0.2, 0) is 11.3 Å². The van der Waals surface area contributed by atoms with Crippen molar-refractivity contribution in [2.24, 2.45) is 0 Å². The Balaban J connectivity index is 1.76. The molecule has 33 heavy (non-hydrogen) atoms. The first-order valence-corrected chi connectivity index (χ1v) is 10.3. The van der Waals surface area contributed by atoms with Gasteiger partial charge in [0.25, 0.3) is 5.91 Å². The van der Waals surface area contributed by atoms with Crippen molar-refractivity contribution in [3.8, 4) is 17.0 Å². The van der Waals surface area contributed by atoms with E-state index in [-0.39, 0.29) is 24.5 Å². The van der Waals surface area contributed by atoms with Crippen LogP contribution in [0.2, 0.25) is 5.02 Å². The number of nitrogen functional groups attached to an aromatic ring is 1. The Labute approximate surface area is 193 Å². The molecule has 3 aromatic heterocycles. The van der Waals surface area contributed by atoms with Crippen LogP contribution in [0.25, 0.3) is 16.9 Å². The summed E-state index contributed by atoms with van der Waals surface area (Å²) in [6.07, 6.45) is 3.99. The highest BCUT2D eigenvalue weighted by atomic mass is 35.5. The highest BCUT2D eigenvalue weighted by Crippen LogP contribution is 2.36. The fourth-order valence-corrected chi connectivity index (χ4v) is 3.61. The van der Waals surface area contributed by atoms with Gasteiger partial charge in [-0.1, -0.05) is 11.6 Å². The minimum Gasteiger partial charge on any atom is -0.496 e. The third-order valence-corrected chi connectivity index (χ3v) is 5.07. The highest BCUT2D eigenvalue weighted by Gasteiger charge is 2.23. The average Bonchev–Trinajstić information content (AvgIpc) is 3.33. The summed E-state index contributed by atoms with van der Waals surface area (Å²) in [5.41, 5.74) is 7.76. The fourth-order valence-electron chi connectivity index (χ4n) is 3.44. The Hall–Kier alpha value is -3.67. The van der Waals surface area contributed by atoms with Crippen molar-refractivity contribution in [2.75, 3.05) is 31.9 Å². The molecule has 4 aromatic rings. The lowest BCUT2D eigenvalue weighted by atomic mass is 10.1. The van der Waals surface area contributed by atoms with E-state index in [1.807, 2.05) is 0 Å². The number of rotatable bonds is 8. The van der Waals surface area contributed by atoms with Crippen LogP contribution in [0.3, 0.4) is 0 Å². The van der Waals surface area contributed by atoms with E-state index in [1.54, 1.807) is 42.9 Å². The predicted molar refractivity (Wildman–Crippen MR) is 122 cm³/mol. The zero-order valence-corrected chi connectivity index (χ0v) is 18.7. The van der Waals surface area contributed by atoms with Crippen LogP contribution >= 0.6 is 11.6 Å². The van der Waals surface area contributed by atoms with Gasteiger partial charge in [-0.05, 0) is 24.3 Å². The summed E-state index contributed by atoms with van der Waals surface area (Å²) in [5.74, 6) is 0.0335. The van der Waals surface area contributed by atoms with E-state index in [0.29, 0.717) is 33.4 Å². The number of carbonyl (C=O) groups excluding carboxylic acids is 1. The van der Waals surface area contributed by atoms with Gasteiger partial charge in [-0.25, -0.2) is 9.50 Å². The summed E-state index contributed by atoms with van der Waals surface area (Å²) in [4.78, 5) is 17.4. The number of hydrogen-bond donors (Lipinski definition) is 3. The number of nitrogens with one attached hydrogen (secondary N) is 1. The fraction of sp³-hybridized carbons (Fsp3) is 0.238. The zero-order chi connectivity index (χ0) is 23.5. The monoisotopic (exact) mass is 471 g/mol. The number of amides is 1. The van der Waals surface area contributed by atoms with Gasteiger partial charge in [-0.3, -0.25) is 9.48 Å². The Morgan fingerprint density at radius 2 is 2.15 bits per heavy atom. The molecule has 0 aliphatic rings. The lowest BCUT2D eigenvalue weighted by Crippen LogP contribution is -2.21. The number of nitrogens with zero attached hydrogens (tertiary/aromatic N) is 5. The van der Waals surface area contributed by atoms with Gasteiger partial charge in [-0.15, -0.1) is 5.10 Å². The zero-order valence-electron chi connectivity index (χ0n) is 17.9. The number of ether oxygens (including phenoxy) is 2.